The molecule has 0 radical (unpaired) electrons. The summed E-state index contributed by atoms with van der Waals surface area (Å²) < 4.78 is 2.04. The van der Waals surface area contributed by atoms with Crippen LogP contribution in [0.2, 0.25) is 0 Å². The van der Waals surface area contributed by atoms with E-state index in [9.17, 15) is 0 Å². The molecule has 0 saturated carbocycles. The molecule has 0 amide bonds. The van der Waals surface area contributed by atoms with Crippen molar-refractivity contribution in [3.05, 3.63) is 17.0 Å². The number of fused-ring (bicyclic) bond motifs is 1. The molecule has 0 bridgehead atoms. The molecule has 78 valence electrons. The Morgan fingerprint density at radius 2 is 2.07 bits per heavy atom. The van der Waals surface area contributed by atoms with E-state index in [0.29, 0.717) is 6.04 Å². The fourth-order valence-electron chi connectivity index (χ4n) is 2.24. The second-order valence-electron chi connectivity index (χ2n) is 4.45. The highest BCUT2D eigenvalue weighted by molar-refractivity contribution is 5.27. The maximum absolute atomic E-state index is 4.48. The summed E-state index contributed by atoms with van der Waals surface area (Å²) in [5.41, 5.74) is 4.08. The van der Waals surface area contributed by atoms with E-state index in [-0.39, 0.29) is 0 Å². The minimum absolute atomic E-state index is 0.641. The average Bonchev–Trinajstić information content (AvgIpc) is 2.42. The molecular formula is C11H19N3. The monoisotopic (exact) mass is 193 g/mol. The quantitative estimate of drug-likeness (QED) is 0.674. The maximum Gasteiger partial charge on any atom is 0.0641 e. The topological polar surface area (TPSA) is 21.1 Å². The van der Waals surface area contributed by atoms with Crippen molar-refractivity contribution < 1.29 is 0 Å². The van der Waals surface area contributed by atoms with E-state index in [1.807, 2.05) is 4.68 Å². The van der Waals surface area contributed by atoms with Crippen molar-refractivity contribution in [2.75, 3.05) is 6.54 Å². The lowest BCUT2D eigenvalue weighted by molar-refractivity contribution is 0.201. The molecule has 0 aromatic carbocycles. The zero-order chi connectivity index (χ0) is 10.3. The fraction of sp³-hybridized carbons (Fsp3) is 0.727. The van der Waals surface area contributed by atoms with Crippen LogP contribution in [0.4, 0.5) is 0 Å². The standard InChI is InChI=1S/C11H19N3/c1-8(2)14-6-5-11-10(7-14)9(3)12-13(11)4/h8H,5-7H2,1-4H3. The number of aryl methyl sites for hydroxylation is 2. The lowest BCUT2D eigenvalue weighted by Crippen LogP contribution is -2.36. The lowest BCUT2D eigenvalue weighted by atomic mass is 10.0. The van der Waals surface area contributed by atoms with Crippen LogP contribution < -0.4 is 0 Å². The Morgan fingerprint density at radius 3 is 2.71 bits per heavy atom. The van der Waals surface area contributed by atoms with Crippen molar-refractivity contribution in [3.8, 4) is 0 Å². The van der Waals surface area contributed by atoms with E-state index in [2.05, 4.69) is 37.8 Å². The summed E-state index contributed by atoms with van der Waals surface area (Å²) in [5, 5.41) is 4.48. The summed E-state index contributed by atoms with van der Waals surface area (Å²) in [6.45, 7) is 8.88. The molecule has 1 aromatic rings. The SMILES string of the molecule is Cc1nn(C)c2c1CN(C(C)C)CC2. The Morgan fingerprint density at radius 1 is 1.36 bits per heavy atom. The first kappa shape index (κ1) is 9.71. The number of hydrogen-bond acceptors (Lipinski definition) is 2. The van der Waals surface area contributed by atoms with Gasteiger partial charge in [-0.25, -0.2) is 0 Å². The molecule has 0 atom stereocenters. The van der Waals surface area contributed by atoms with Gasteiger partial charge in [-0.3, -0.25) is 9.58 Å². The highest BCUT2D eigenvalue weighted by Crippen LogP contribution is 2.22. The molecule has 3 heteroatoms. The first-order valence-electron chi connectivity index (χ1n) is 5.35. The second-order valence-corrected chi connectivity index (χ2v) is 4.45. The van der Waals surface area contributed by atoms with Crippen LogP contribution in [0.15, 0.2) is 0 Å². The number of hydrogen-bond donors (Lipinski definition) is 0. The number of rotatable bonds is 1. The molecule has 2 heterocycles. The van der Waals surface area contributed by atoms with Crippen molar-refractivity contribution in [1.29, 1.82) is 0 Å². The predicted molar refractivity (Wildman–Crippen MR) is 57.2 cm³/mol. The molecule has 0 N–H and O–H groups in total. The fourth-order valence-corrected chi connectivity index (χ4v) is 2.24. The summed E-state index contributed by atoms with van der Waals surface area (Å²) in [7, 11) is 2.05. The zero-order valence-corrected chi connectivity index (χ0v) is 9.54. The summed E-state index contributed by atoms with van der Waals surface area (Å²) in [4.78, 5) is 2.51. The number of nitrogens with zero attached hydrogens (tertiary/aromatic N) is 3. The molecule has 1 aliphatic rings. The minimum atomic E-state index is 0.641. The molecule has 3 nitrogen and oxygen atoms in total. The smallest absolute Gasteiger partial charge is 0.0641 e. The molecule has 0 aliphatic carbocycles. The summed E-state index contributed by atoms with van der Waals surface area (Å²) >= 11 is 0. The van der Waals surface area contributed by atoms with Crippen LogP contribution in [0, 0.1) is 6.92 Å². The van der Waals surface area contributed by atoms with Crippen molar-refractivity contribution in [3.63, 3.8) is 0 Å². The summed E-state index contributed by atoms with van der Waals surface area (Å²) in [6.07, 6.45) is 1.14. The van der Waals surface area contributed by atoms with Gasteiger partial charge in [-0.2, -0.15) is 5.10 Å². The van der Waals surface area contributed by atoms with Crippen LogP contribution in [-0.4, -0.2) is 27.3 Å². The van der Waals surface area contributed by atoms with Crippen LogP contribution in [0.1, 0.15) is 30.8 Å². The van der Waals surface area contributed by atoms with Gasteiger partial charge in [0.05, 0.1) is 5.69 Å². The Kier molecular flexibility index (Phi) is 2.35. The van der Waals surface area contributed by atoms with Gasteiger partial charge < -0.3 is 0 Å². The van der Waals surface area contributed by atoms with Gasteiger partial charge in [0.15, 0.2) is 0 Å². The van der Waals surface area contributed by atoms with Gasteiger partial charge >= 0.3 is 0 Å². The van der Waals surface area contributed by atoms with Gasteiger partial charge in [0.2, 0.25) is 0 Å². The van der Waals surface area contributed by atoms with E-state index in [1.54, 1.807) is 0 Å². The Balaban J connectivity index is 2.30. The first-order chi connectivity index (χ1) is 6.59. The van der Waals surface area contributed by atoms with Crippen LogP contribution >= 0.6 is 0 Å². The third kappa shape index (κ3) is 1.46. The maximum atomic E-state index is 4.48. The molecule has 0 saturated heterocycles. The van der Waals surface area contributed by atoms with Crippen molar-refractivity contribution in [1.82, 2.24) is 14.7 Å². The van der Waals surface area contributed by atoms with Gasteiger partial charge in [-0.15, -0.1) is 0 Å². The van der Waals surface area contributed by atoms with Crippen molar-refractivity contribution in [2.24, 2.45) is 7.05 Å². The minimum Gasteiger partial charge on any atom is -0.296 e. The molecule has 0 spiro atoms. The van der Waals surface area contributed by atoms with Crippen LogP contribution in [0.3, 0.4) is 0 Å². The van der Waals surface area contributed by atoms with E-state index in [0.717, 1.165) is 13.0 Å². The Hall–Kier alpha value is -0.830. The van der Waals surface area contributed by atoms with Crippen molar-refractivity contribution in [2.45, 2.75) is 39.8 Å². The van der Waals surface area contributed by atoms with E-state index in [4.69, 9.17) is 0 Å². The van der Waals surface area contributed by atoms with Gasteiger partial charge in [0.1, 0.15) is 0 Å². The van der Waals surface area contributed by atoms with Crippen LogP contribution in [0.5, 0.6) is 0 Å². The third-order valence-electron chi connectivity index (χ3n) is 3.20. The van der Waals surface area contributed by atoms with Crippen LogP contribution in [0.25, 0.3) is 0 Å². The molecule has 1 aromatic heterocycles. The first-order valence-corrected chi connectivity index (χ1v) is 5.35. The molecule has 2 rings (SSSR count). The average molecular weight is 193 g/mol. The summed E-state index contributed by atoms with van der Waals surface area (Å²) in [5.74, 6) is 0. The number of aromatic nitrogens is 2. The Labute approximate surface area is 85.7 Å². The van der Waals surface area contributed by atoms with Gasteiger partial charge in [0, 0.05) is 43.9 Å². The van der Waals surface area contributed by atoms with Gasteiger partial charge in [0.25, 0.3) is 0 Å². The molecular weight excluding hydrogens is 174 g/mol. The molecule has 0 fully saturated rings. The van der Waals surface area contributed by atoms with Crippen molar-refractivity contribution >= 4 is 0 Å². The second kappa shape index (κ2) is 3.39. The van der Waals surface area contributed by atoms with E-state index >= 15 is 0 Å². The Bertz CT molecular complexity index is 339. The third-order valence-corrected chi connectivity index (χ3v) is 3.20. The lowest BCUT2D eigenvalue weighted by Gasteiger charge is -2.30. The largest absolute Gasteiger partial charge is 0.296 e. The molecule has 0 unspecified atom stereocenters. The summed E-state index contributed by atoms with van der Waals surface area (Å²) in [6, 6.07) is 0.641. The predicted octanol–water partition coefficient (Wildman–Crippen LogP) is 1.50. The van der Waals surface area contributed by atoms with Gasteiger partial charge in [-0.1, -0.05) is 0 Å². The van der Waals surface area contributed by atoms with Gasteiger partial charge in [-0.05, 0) is 20.8 Å². The van der Waals surface area contributed by atoms with E-state index < -0.39 is 0 Å². The highest BCUT2D eigenvalue weighted by atomic mass is 15.3. The zero-order valence-electron chi connectivity index (χ0n) is 9.54. The highest BCUT2D eigenvalue weighted by Gasteiger charge is 2.23. The normalized spacial score (nSPS) is 17.5. The van der Waals surface area contributed by atoms with Crippen LogP contribution in [-0.2, 0) is 20.0 Å². The molecule has 14 heavy (non-hydrogen) atoms. The van der Waals surface area contributed by atoms with E-state index in [1.165, 1.54) is 23.5 Å². The molecule has 1 aliphatic heterocycles.